The van der Waals surface area contributed by atoms with Gasteiger partial charge in [0, 0.05) is 5.56 Å². The largest absolute Gasteiger partial charge is 0.497 e. The predicted octanol–water partition coefficient (Wildman–Crippen LogP) is 1.54. The monoisotopic (exact) mass is 214 g/mol. The molecule has 2 rings (SSSR count). The van der Waals surface area contributed by atoms with E-state index >= 15 is 0 Å². The maximum absolute atomic E-state index is 8.75. The Bertz CT molecular complexity index is 553. The van der Waals surface area contributed by atoms with Gasteiger partial charge in [0.15, 0.2) is 11.5 Å². The number of ether oxygens (including phenoxy) is 1. The highest BCUT2D eigenvalue weighted by Crippen LogP contribution is 2.23. The molecule has 0 saturated carbocycles. The topological polar surface area (TPSA) is 87.7 Å². The van der Waals surface area contributed by atoms with Gasteiger partial charge in [-0.15, -0.1) is 0 Å². The highest BCUT2D eigenvalue weighted by molar-refractivity contribution is 5.62. The zero-order valence-electron chi connectivity index (χ0n) is 8.69. The Hall–Kier alpha value is -2.48. The third-order valence-electron chi connectivity index (χ3n) is 2.19. The minimum Gasteiger partial charge on any atom is -0.497 e. The summed E-state index contributed by atoms with van der Waals surface area (Å²) >= 11 is 0. The molecule has 3 N–H and O–H groups in total. The van der Waals surface area contributed by atoms with Crippen molar-refractivity contribution in [3.8, 4) is 23.2 Å². The van der Waals surface area contributed by atoms with Gasteiger partial charge in [0.1, 0.15) is 17.6 Å². The molecule has 0 aliphatic heterocycles. The average molecular weight is 214 g/mol. The summed E-state index contributed by atoms with van der Waals surface area (Å²) in [6.45, 7) is 0. The highest BCUT2D eigenvalue weighted by atomic mass is 16.5. The number of benzene rings is 1. The number of nitrogens with one attached hydrogen (secondary N) is 1. The van der Waals surface area contributed by atoms with Crippen LogP contribution < -0.4 is 10.5 Å². The van der Waals surface area contributed by atoms with Crippen molar-refractivity contribution >= 4 is 5.82 Å². The van der Waals surface area contributed by atoms with E-state index in [0.717, 1.165) is 11.3 Å². The lowest BCUT2D eigenvalue weighted by Crippen LogP contribution is -1.87. The first-order valence-corrected chi connectivity index (χ1v) is 4.64. The number of methoxy groups -OCH3 is 1. The maximum atomic E-state index is 8.75. The van der Waals surface area contributed by atoms with Crippen LogP contribution >= 0.6 is 0 Å². The van der Waals surface area contributed by atoms with Gasteiger partial charge in [0.05, 0.1) is 7.11 Å². The van der Waals surface area contributed by atoms with Crippen LogP contribution in [0.2, 0.25) is 0 Å². The van der Waals surface area contributed by atoms with Crippen LogP contribution in [0.3, 0.4) is 0 Å². The average Bonchev–Trinajstić information content (AvgIpc) is 2.71. The number of hydrogen-bond donors (Lipinski definition) is 2. The second-order valence-corrected chi connectivity index (χ2v) is 3.19. The van der Waals surface area contributed by atoms with Gasteiger partial charge in [0.25, 0.3) is 0 Å². The van der Waals surface area contributed by atoms with Gasteiger partial charge >= 0.3 is 0 Å². The van der Waals surface area contributed by atoms with Crippen molar-refractivity contribution in [2.24, 2.45) is 0 Å². The zero-order chi connectivity index (χ0) is 11.5. The molecule has 0 amide bonds. The fraction of sp³-hybridized carbons (Fsp3) is 0.0909. The summed E-state index contributed by atoms with van der Waals surface area (Å²) in [5, 5.41) is 8.75. The molecule has 5 nitrogen and oxygen atoms in total. The lowest BCUT2D eigenvalue weighted by atomic mass is 10.2. The van der Waals surface area contributed by atoms with Crippen molar-refractivity contribution in [1.82, 2.24) is 9.97 Å². The van der Waals surface area contributed by atoms with Crippen LogP contribution in [0.25, 0.3) is 11.4 Å². The molecule has 0 bridgehead atoms. The molecule has 5 heteroatoms. The van der Waals surface area contributed by atoms with Crippen molar-refractivity contribution in [2.45, 2.75) is 0 Å². The number of imidazole rings is 1. The molecule has 0 aliphatic rings. The van der Waals surface area contributed by atoms with Gasteiger partial charge in [-0.25, -0.2) is 4.98 Å². The van der Waals surface area contributed by atoms with Crippen LogP contribution in [0.5, 0.6) is 5.75 Å². The van der Waals surface area contributed by atoms with Gasteiger partial charge in [0.2, 0.25) is 0 Å². The summed E-state index contributed by atoms with van der Waals surface area (Å²) in [4.78, 5) is 6.92. The van der Waals surface area contributed by atoms with Crippen LogP contribution in [0.15, 0.2) is 24.3 Å². The summed E-state index contributed by atoms with van der Waals surface area (Å²) in [6, 6.07) is 9.30. The number of rotatable bonds is 2. The highest BCUT2D eigenvalue weighted by Gasteiger charge is 2.08. The van der Waals surface area contributed by atoms with Crippen molar-refractivity contribution in [1.29, 1.82) is 5.26 Å². The smallest absolute Gasteiger partial charge is 0.161 e. The Morgan fingerprint density at radius 3 is 2.94 bits per heavy atom. The van der Waals surface area contributed by atoms with Crippen LogP contribution in [-0.2, 0) is 0 Å². The van der Waals surface area contributed by atoms with Crippen LogP contribution in [0, 0.1) is 11.3 Å². The Balaban J connectivity index is 2.46. The Labute approximate surface area is 92.5 Å². The number of hydrogen-bond acceptors (Lipinski definition) is 4. The molecule has 0 spiro atoms. The Morgan fingerprint density at radius 1 is 1.50 bits per heavy atom. The number of nitrogen functional groups attached to an aromatic ring is 1. The first-order valence-electron chi connectivity index (χ1n) is 4.64. The molecular weight excluding hydrogens is 204 g/mol. The molecule has 0 saturated heterocycles. The number of aromatic nitrogens is 2. The lowest BCUT2D eigenvalue weighted by molar-refractivity contribution is 0.415. The summed E-state index contributed by atoms with van der Waals surface area (Å²) in [5.74, 6) is 1.50. The molecule has 2 aromatic rings. The second kappa shape index (κ2) is 3.95. The molecule has 1 heterocycles. The Morgan fingerprint density at radius 2 is 2.31 bits per heavy atom. The van der Waals surface area contributed by atoms with E-state index in [-0.39, 0.29) is 11.5 Å². The van der Waals surface area contributed by atoms with Gasteiger partial charge in [-0.05, 0) is 12.1 Å². The first kappa shape index (κ1) is 10.1. The van der Waals surface area contributed by atoms with Crippen LogP contribution in [0.1, 0.15) is 5.69 Å². The van der Waals surface area contributed by atoms with Crippen molar-refractivity contribution in [2.75, 3.05) is 12.8 Å². The number of H-pyrrole nitrogens is 1. The second-order valence-electron chi connectivity index (χ2n) is 3.19. The number of nitriles is 1. The minimum atomic E-state index is 0.209. The molecule has 0 fully saturated rings. The molecule has 0 atom stereocenters. The zero-order valence-corrected chi connectivity index (χ0v) is 8.69. The van der Waals surface area contributed by atoms with E-state index in [1.54, 1.807) is 7.11 Å². The fourth-order valence-corrected chi connectivity index (χ4v) is 1.38. The van der Waals surface area contributed by atoms with E-state index in [2.05, 4.69) is 9.97 Å². The molecular formula is C11H10N4O. The van der Waals surface area contributed by atoms with E-state index in [4.69, 9.17) is 15.7 Å². The van der Waals surface area contributed by atoms with E-state index in [1.807, 2.05) is 30.3 Å². The number of aromatic amines is 1. The van der Waals surface area contributed by atoms with E-state index in [9.17, 15) is 0 Å². The molecule has 80 valence electrons. The summed E-state index contributed by atoms with van der Waals surface area (Å²) < 4.78 is 5.10. The van der Waals surface area contributed by atoms with Crippen LogP contribution in [0.4, 0.5) is 5.82 Å². The van der Waals surface area contributed by atoms with Gasteiger partial charge < -0.3 is 15.5 Å². The van der Waals surface area contributed by atoms with E-state index in [1.165, 1.54) is 0 Å². The predicted molar refractivity (Wildman–Crippen MR) is 59.7 cm³/mol. The SMILES string of the molecule is COc1cccc(-c2nc(N)c(C#N)[nH]2)c1. The standard InChI is InChI=1S/C11H10N4O/c1-16-8-4-2-3-7(5-8)11-14-9(6-12)10(13)15-11/h2-5H,13H2,1H3,(H,14,15). The third-order valence-corrected chi connectivity index (χ3v) is 2.19. The minimum absolute atomic E-state index is 0.209. The van der Waals surface area contributed by atoms with Crippen molar-refractivity contribution < 1.29 is 4.74 Å². The van der Waals surface area contributed by atoms with E-state index < -0.39 is 0 Å². The third kappa shape index (κ3) is 1.68. The Kier molecular flexibility index (Phi) is 2.48. The molecule has 16 heavy (non-hydrogen) atoms. The van der Waals surface area contributed by atoms with Gasteiger partial charge in [-0.1, -0.05) is 12.1 Å². The van der Waals surface area contributed by atoms with Crippen molar-refractivity contribution in [3.05, 3.63) is 30.0 Å². The number of anilines is 1. The first-order chi connectivity index (χ1) is 7.74. The maximum Gasteiger partial charge on any atom is 0.161 e. The molecule has 1 aromatic carbocycles. The van der Waals surface area contributed by atoms with Crippen LogP contribution in [-0.4, -0.2) is 17.1 Å². The molecule has 1 aromatic heterocycles. The lowest BCUT2D eigenvalue weighted by Gasteiger charge is -2.01. The molecule has 0 aliphatic carbocycles. The fourth-order valence-electron chi connectivity index (χ4n) is 1.38. The van der Waals surface area contributed by atoms with Gasteiger partial charge in [-0.2, -0.15) is 5.26 Å². The summed E-state index contributed by atoms with van der Waals surface area (Å²) in [7, 11) is 1.59. The number of nitrogens with two attached hydrogens (primary N) is 1. The summed E-state index contributed by atoms with van der Waals surface area (Å²) in [5.41, 5.74) is 6.67. The number of nitrogens with zero attached hydrogens (tertiary/aromatic N) is 2. The van der Waals surface area contributed by atoms with Crippen molar-refractivity contribution in [3.63, 3.8) is 0 Å². The van der Waals surface area contributed by atoms with E-state index in [0.29, 0.717) is 5.82 Å². The van der Waals surface area contributed by atoms with Gasteiger partial charge in [-0.3, -0.25) is 0 Å². The normalized spacial score (nSPS) is 9.75. The quantitative estimate of drug-likeness (QED) is 0.793. The molecule has 0 unspecified atom stereocenters. The molecule has 0 radical (unpaired) electrons. The summed E-state index contributed by atoms with van der Waals surface area (Å²) in [6.07, 6.45) is 0.